The van der Waals surface area contributed by atoms with Crippen molar-refractivity contribution in [2.24, 2.45) is 11.1 Å². The molecule has 2 rings (SSSR count). The maximum atomic E-state index is 5.88. The van der Waals surface area contributed by atoms with Crippen LogP contribution in [0.1, 0.15) is 32.1 Å². The van der Waals surface area contributed by atoms with Gasteiger partial charge in [0.15, 0.2) is 0 Å². The van der Waals surface area contributed by atoms with Crippen molar-refractivity contribution < 1.29 is 0 Å². The van der Waals surface area contributed by atoms with E-state index in [1.165, 1.54) is 32.1 Å². The summed E-state index contributed by atoms with van der Waals surface area (Å²) in [6.07, 6.45) is 6.96. The van der Waals surface area contributed by atoms with Crippen LogP contribution < -0.4 is 5.73 Å². The molecule has 2 aliphatic rings. The van der Waals surface area contributed by atoms with Gasteiger partial charge in [-0.15, -0.1) is 0 Å². The molecule has 0 aromatic carbocycles. The summed E-state index contributed by atoms with van der Waals surface area (Å²) < 4.78 is 0. The third-order valence-electron chi connectivity index (χ3n) is 2.87. The molecule has 0 saturated heterocycles. The summed E-state index contributed by atoms with van der Waals surface area (Å²) in [7, 11) is 0. The van der Waals surface area contributed by atoms with Crippen LogP contribution >= 0.6 is 0 Å². The topological polar surface area (TPSA) is 26.0 Å². The van der Waals surface area contributed by atoms with E-state index >= 15 is 0 Å². The Labute approximate surface area is 50.3 Å². The first-order valence-corrected chi connectivity index (χ1v) is 3.59. The molecule has 2 fully saturated rings. The van der Waals surface area contributed by atoms with Crippen molar-refractivity contribution in [2.75, 3.05) is 0 Å². The molecule has 0 radical (unpaired) electrons. The lowest BCUT2D eigenvalue weighted by Crippen LogP contribution is -2.25. The monoisotopic (exact) mass is 111 g/mol. The lowest BCUT2D eigenvalue weighted by Gasteiger charge is -2.10. The number of hydrogen-bond donors (Lipinski definition) is 1. The standard InChI is InChI=1S/C7H13N/c8-6-2-1-3-7(6)4-5-7/h6H,1-5,8H2/t6-/m1/s1. The molecule has 0 aromatic heterocycles. The first kappa shape index (κ1) is 4.80. The van der Waals surface area contributed by atoms with Gasteiger partial charge in [0.2, 0.25) is 0 Å². The zero-order valence-electron chi connectivity index (χ0n) is 5.19. The van der Waals surface area contributed by atoms with E-state index in [1.54, 1.807) is 0 Å². The highest BCUT2D eigenvalue weighted by Crippen LogP contribution is 2.56. The predicted molar refractivity (Wildman–Crippen MR) is 33.5 cm³/mol. The number of hydrogen-bond acceptors (Lipinski definition) is 1. The van der Waals surface area contributed by atoms with E-state index in [9.17, 15) is 0 Å². The molecule has 46 valence electrons. The van der Waals surface area contributed by atoms with E-state index in [4.69, 9.17) is 5.73 Å². The fourth-order valence-corrected chi connectivity index (χ4v) is 1.95. The minimum absolute atomic E-state index is 0.572. The van der Waals surface area contributed by atoms with Crippen LogP contribution in [0, 0.1) is 5.41 Å². The third-order valence-corrected chi connectivity index (χ3v) is 2.87. The van der Waals surface area contributed by atoms with E-state index in [2.05, 4.69) is 0 Å². The molecule has 0 unspecified atom stereocenters. The van der Waals surface area contributed by atoms with Crippen LogP contribution in [0.4, 0.5) is 0 Å². The molecule has 0 amide bonds. The Hall–Kier alpha value is -0.0400. The number of nitrogens with two attached hydrogens (primary N) is 1. The maximum absolute atomic E-state index is 5.88. The summed E-state index contributed by atoms with van der Waals surface area (Å²) >= 11 is 0. The molecule has 2 saturated carbocycles. The van der Waals surface area contributed by atoms with Crippen molar-refractivity contribution in [2.45, 2.75) is 38.1 Å². The van der Waals surface area contributed by atoms with Gasteiger partial charge in [0, 0.05) is 6.04 Å². The van der Waals surface area contributed by atoms with Crippen molar-refractivity contribution in [1.29, 1.82) is 0 Å². The molecule has 8 heavy (non-hydrogen) atoms. The van der Waals surface area contributed by atoms with E-state index in [0.717, 1.165) is 0 Å². The fourth-order valence-electron chi connectivity index (χ4n) is 1.95. The van der Waals surface area contributed by atoms with Crippen LogP contribution in [0.3, 0.4) is 0 Å². The van der Waals surface area contributed by atoms with Gasteiger partial charge in [0.1, 0.15) is 0 Å². The summed E-state index contributed by atoms with van der Waals surface area (Å²) in [5, 5.41) is 0. The summed E-state index contributed by atoms with van der Waals surface area (Å²) in [5.74, 6) is 0. The zero-order chi connectivity index (χ0) is 5.61. The van der Waals surface area contributed by atoms with Crippen LogP contribution in [-0.2, 0) is 0 Å². The lowest BCUT2D eigenvalue weighted by atomic mass is 10.0. The minimum atomic E-state index is 0.572. The van der Waals surface area contributed by atoms with Gasteiger partial charge >= 0.3 is 0 Å². The van der Waals surface area contributed by atoms with Crippen LogP contribution in [0.5, 0.6) is 0 Å². The Morgan fingerprint density at radius 3 is 2.25 bits per heavy atom. The summed E-state index contributed by atoms with van der Waals surface area (Å²) in [4.78, 5) is 0. The largest absolute Gasteiger partial charge is 0.327 e. The molecule has 1 spiro atoms. The molecular weight excluding hydrogens is 98.1 g/mol. The second-order valence-corrected chi connectivity index (χ2v) is 3.36. The van der Waals surface area contributed by atoms with E-state index < -0.39 is 0 Å². The van der Waals surface area contributed by atoms with Crippen LogP contribution in [0.25, 0.3) is 0 Å². The van der Waals surface area contributed by atoms with Crippen molar-refractivity contribution in [3.63, 3.8) is 0 Å². The Morgan fingerprint density at radius 1 is 1.25 bits per heavy atom. The average molecular weight is 111 g/mol. The molecule has 0 aliphatic heterocycles. The smallest absolute Gasteiger partial charge is 0.00955 e. The van der Waals surface area contributed by atoms with Crippen LogP contribution in [-0.4, -0.2) is 6.04 Å². The normalized spacial score (nSPS) is 40.9. The third kappa shape index (κ3) is 0.455. The SMILES string of the molecule is N[C@@H]1CCCC12CC2. The van der Waals surface area contributed by atoms with Gasteiger partial charge in [0.05, 0.1) is 0 Å². The average Bonchev–Trinajstić information content (AvgIpc) is 2.39. The van der Waals surface area contributed by atoms with Gasteiger partial charge in [-0.3, -0.25) is 0 Å². The summed E-state index contributed by atoms with van der Waals surface area (Å²) in [5.41, 5.74) is 6.56. The van der Waals surface area contributed by atoms with Gasteiger partial charge in [-0.2, -0.15) is 0 Å². The second kappa shape index (κ2) is 1.27. The van der Waals surface area contributed by atoms with Crippen molar-refractivity contribution in [3.05, 3.63) is 0 Å². The molecule has 0 aromatic rings. The van der Waals surface area contributed by atoms with E-state index in [1.807, 2.05) is 0 Å². The molecule has 0 heterocycles. The Balaban J connectivity index is 2.12. The first-order valence-electron chi connectivity index (χ1n) is 3.59. The lowest BCUT2D eigenvalue weighted by molar-refractivity contribution is 0.462. The second-order valence-electron chi connectivity index (χ2n) is 3.36. The van der Waals surface area contributed by atoms with Gasteiger partial charge in [0.25, 0.3) is 0 Å². The van der Waals surface area contributed by atoms with Gasteiger partial charge in [-0.25, -0.2) is 0 Å². The molecule has 2 N–H and O–H groups in total. The number of rotatable bonds is 0. The molecule has 2 aliphatic carbocycles. The van der Waals surface area contributed by atoms with Crippen molar-refractivity contribution >= 4 is 0 Å². The summed E-state index contributed by atoms with van der Waals surface area (Å²) in [6, 6.07) is 0.572. The highest BCUT2D eigenvalue weighted by molar-refractivity contribution is 5.04. The zero-order valence-corrected chi connectivity index (χ0v) is 5.19. The van der Waals surface area contributed by atoms with Gasteiger partial charge < -0.3 is 5.73 Å². The van der Waals surface area contributed by atoms with Crippen LogP contribution in [0.15, 0.2) is 0 Å². The summed E-state index contributed by atoms with van der Waals surface area (Å²) in [6.45, 7) is 0. The molecule has 1 heteroatoms. The first-order chi connectivity index (χ1) is 3.83. The Morgan fingerprint density at radius 2 is 2.00 bits per heavy atom. The highest BCUT2D eigenvalue weighted by atomic mass is 14.8. The minimum Gasteiger partial charge on any atom is -0.327 e. The highest BCUT2D eigenvalue weighted by Gasteiger charge is 2.49. The Kier molecular flexibility index (Phi) is 0.762. The predicted octanol–water partition coefficient (Wildman–Crippen LogP) is 1.28. The van der Waals surface area contributed by atoms with E-state index in [0.29, 0.717) is 11.5 Å². The molecule has 1 atom stereocenters. The van der Waals surface area contributed by atoms with E-state index in [-0.39, 0.29) is 0 Å². The molecular formula is C7H13N. The van der Waals surface area contributed by atoms with Crippen molar-refractivity contribution in [3.8, 4) is 0 Å². The molecule has 1 nitrogen and oxygen atoms in total. The van der Waals surface area contributed by atoms with Gasteiger partial charge in [-0.05, 0) is 31.1 Å². The van der Waals surface area contributed by atoms with Crippen molar-refractivity contribution in [1.82, 2.24) is 0 Å². The van der Waals surface area contributed by atoms with Gasteiger partial charge in [-0.1, -0.05) is 6.42 Å². The van der Waals surface area contributed by atoms with Crippen LogP contribution in [0.2, 0.25) is 0 Å². The fraction of sp³-hybridized carbons (Fsp3) is 1.00. The molecule has 0 bridgehead atoms. The maximum Gasteiger partial charge on any atom is 0.00955 e. The Bertz CT molecular complexity index is 105. The quantitative estimate of drug-likeness (QED) is 0.500.